The fraction of sp³-hybridized carbons (Fsp3) is 0.364. The molecule has 0 aliphatic carbocycles. The van der Waals surface area contributed by atoms with Crippen molar-refractivity contribution in [3.63, 3.8) is 0 Å². The van der Waals surface area contributed by atoms with Gasteiger partial charge in [0.05, 0.1) is 19.5 Å². The molecule has 0 amide bonds. The van der Waals surface area contributed by atoms with Crippen LogP contribution < -0.4 is 4.90 Å². The van der Waals surface area contributed by atoms with Crippen LogP contribution in [0, 0.1) is 0 Å². The summed E-state index contributed by atoms with van der Waals surface area (Å²) in [5, 5.41) is 0. The van der Waals surface area contributed by atoms with Gasteiger partial charge in [0.15, 0.2) is 0 Å². The van der Waals surface area contributed by atoms with Gasteiger partial charge in [-0.15, -0.1) is 0 Å². The Balaban J connectivity index is 2.11. The van der Waals surface area contributed by atoms with Gasteiger partial charge in [-0.2, -0.15) is 17.7 Å². The molecule has 0 N–H and O–H groups in total. The van der Waals surface area contributed by atoms with E-state index in [4.69, 9.17) is 4.74 Å². The van der Waals surface area contributed by atoms with E-state index in [1.54, 1.807) is 12.1 Å². The van der Waals surface area contributed by atoms with Gasteiger partial charge in [-0.05, 0) is 0 Å². The Bertz CT molecular complexity index is 302. The number of ether oxygens (including phenoxy) is 1. The lowest BCUT2D eigenvalue weighted by atomic mass is 10.2. The summed E-state index contributed by atoms with van der Waals surface area (Å²) in [5.74, 6) is 0. The first-order chi connectivity index (χ1) is 6.90. The summed E-state index contributed by atoms with van der Waals surface area (Å²) in [6.45, 7) is 3.40. The molecule has 0 saturated carbocycles. The largest absolute Gasteiger partial charge is 0.378 e. The van der Waals surface area contributed by atoms with Crippen molar-refractivity contribution >= 4 is 12.0 Å². The molecule has 14 heavy (non-hydrogen) atoms. The predicted octanol–water partition coefficient (Wildman–Crippen LogP) is 0.981. The maximum atomic E-state index is 10.3. The van der Waals surface area contributed by atoms with E-state index in [0.717, 1.165) is 32.0 Å². The maximum absolute atomic E-state index is 10.3. The fourth-order valence-electron chi connectivity index (χ4n) is 1.56. The highest BCUT2D eigenvalue weighted by Crippen LogP contribution is 2.15. The summed E-state index contributed by atoms with van der Waals surface area (Å²) < 4.78 is 5.26. The van der Waals surface area contributed by atoms with Crippen LogP contribution in [0.1, 0.15) is 5.56 Å². The lowest BCUT2D eigenvalue weighted by Gasteiger charge is -2.29. The van der Waals surface area contributed by atoms with Crippen molar-refractivity contribution in [2.24, 2.45) is 0 Å². The Morgan fingerprint density at radius 1 is 1.14 bits per heavy atom. The van der Waals surface area contributed by atoms with Gasteiger partial charge in [-0.25, -0.2) is 0 Å². The Labute approximate surface area is 83.3 Å². The second kappa shape index (κ2) is 4.24. The van der Waals surface area contributed by atoms with Gasteiger partial charge in [0, 0.05) is 18.8 Å². The number of anilines is 1. The molecule has 3 nitrogen and oxygen atoms in total. The zero-order valence-corrected chi connectivity index (χ0v) is 7.90. The van der Waals surface area contributed by atoms with E-state index in [1.807, 2.05) is 18.4 Å². The summed E-state index contributed by atoms with van der Waals surface area (Å²) >= 11 is 0. The minimum Gasteiger partial charge on any atom is -0.378 e. The van der Waals surface area contributed by atoms with Crippen molar-refractivity contribution in [3.8, 4) is 0 Å². The first-order valence-electron chi connectivity index (χ1n) is 4.71. The second-order valence-electron chi connectivity index (χ2n) is 3.25. The van der Waals surface area contributed by atoms with Crippen molar-refractivity contribution in [2.45, 2.75) is 0 Å². The lowest BCUT2D eigenvalue weighted by Crippen LogP contribution is -2.36. The summed E-state index contributed by atoms with van der Waals surface area (Å²) in [4.78, 5) is 12.6. The average molecular weight is 190 g/mol. The van der Waals surface area contributed by atoms with E-state index >= 15 is 0 Å². The molecular weight excluding hydrogens is 178 g/mol. The maximum Gasteiger partial charge on any atom is 0.0642 e. The molecule has 3 heteroatoms. The van der Waals surface area contributed by atoms with Crippen LogP contribution in [-0.4, -0.2) is 32.6 Å². The smallest absolute Gasteiger partial charge is 0.0642 e. The van der Waals surface area contributed by atoms with Gasteiger partial charge in [0.1, 0.15) is 0 Å². The van der Waals surface area contributed by atoms with Crippen molar-refractivity contribution < 1.29 is 9.53 Å². The van der Waals surface area contributed by atoms with E-state index in [9.17, 15) is 4.79 Å². The number of hydrogen-bond donors (Lipinski definition) is 0. The molecule has 0 atom stereocenters. The minimum absolute atomic E-state index is 0.599. The molecule has 1 aliphatic rings. The summed E-state index contributed by atoms with van der Waals surface area (Å²) in [5.41, 5.74) is 1.74. The third kappa shape index (κ3) is 1.93. The van der Waals surface area contributed by atoms with Crippen LogP contribution in [0.15, 0.2) is 24.3 Å². The van der Waals surface area contributed by atoms with E-state index < -0.39 is 0 Å². The summed E-state index contributed by atoms with van der Waals surface area (Å²) in [7, 11) is 0. The number of rotatable bonds is 2. The molecule has 0 bridgehead atoms. The Morgan fingerprint density at radius 3 is 2.36 bits per heavy atom. The van der Waals surface area contributed by atoms with Gasteiger partial charge in [0.2, 0.25) is 0 Å². The number of hydrogen-bond acceptors (Lipinski definition) is 3. The highest BCUT2D eigenvalue weighted by Gasteiger charge is 2.08. The molecule has 0 spiro atoms. The summed E-state index contributed by atoms with van der Waals surface area (Å²) in [6, 6.07) is 7.48. The van der Waals surface area contributed by atoms with Crippen molar-refractivity contribution in [1.82, 2.24) is 0 Å². The zero-order valence-electron chi connectivity index (χ0n) is 7.90. The monoisotopic (exact) mass is 190 g/mol. The normalized spacial score (nSPS) is 16.7. The van der Waals surface area contributed by atoms with E-state index in [1.165, 1.54) is 0 Å². The van der Waals surface area contributed by atoms with Crippen molar-refractivity contribution in [1.29, 1.82) is 0 Å². The number of morpholine rings is 1. The Morgan fingerprint density at radius 2 is 1.79 bits per heavy atom. The van der Waals surface area contributed by atoms with Crippen LogP contribution >= 0.6 is 0 Å². The average Bonchev–Trinajstić information content (AvgIpc) is 2.30. The topological polar surface area (TPSA) is 29.5 Å². The first kappa shape index (κ1) is 9.21. The number of benzene rings is 1. The van der Waals surface area contributed by atoms with Crippen molar-refractivity contribution in [3.05, 3.63) is 29.8 Å². The van der Waals surface area contributed by atoms with Crippen LogP contribution in [0.25, 0.3) is 0 Å². The Kier molecular flexibility index (Phi) is 2.79. The molecular formula is C11H12NO2-. The fourth-order valence-corrected chi connectivity index (χ4v) is 1.56. The molecule has 0 radical (unpaired) electrons. The minimum atomic E-state index is 0.599. The summed E-state index contributed by atoms with van der Waals surface area (Å²) in [6.07, 6.45) is 1.86. The molecule has 0 aromatic heterocycles. The molecule has 1 fully saturated rings. The zero-order chi connectivity index (χ0) is 9.80. The number of carbonyl (C=O) groups excluding carboxylic acids is 1. The van der Waals surface area contributed by atoms with Crippen LogP contribution in [0.4, 0.5) is 5.69 Å². The van der Waals surface area contributed by atoms with E-state index in [0.29, 0.717) is 5.56 Å². The van der Waals surface area contributed by atoms with Gasteiger partial charge in [-0.3, -0.25) is 0 Å². The third-order valence-corrected chi connectivity index (χ3v) is 2.36. The highest BCUT2D eigenvalue weighted by molar-refractivity contribution is 5.76. The molecule has 1 saturated heterocycles. The molecule has 1 aromatic carbocycles. The van der Waals surface area contributed by atoms with Gasteiger partial charge >= 0.3 is 0 Å². The van der Waals surface area contributed by atoms with Crippen LogP contribution in [-0.2, 0) is 9.53 Å². The lowest BCUT2D eigenvalue weighted by molar-refractivity contribution is 0.122. The molecule has 0 unspecified atom stereocenters. The highest BCUT2D eigenvalue weighted by atomic mass is 16.5. The van der Waals surface area contributed by atoms with E-state index in [2.05, 4.69) is 4.90 Å². The quantitative estimate of drug-likeness (QED) is 0.651. The van der Waals surface area contributed by atoms with E-state index in [-0.39, 0.29) is 0 Å². The molecule has 1 heterocycles. The van der Waals surface area contributed by atoms with Crippen molar-refractivity contribution in [2.75, 3.05) is 31.2 Å². The van der Waals surface area contributed by atoms with Gasteiger partial charge in [0.25, 0.3) is 0 Å². The first-order valence-corrected chi connectivity index (χ1v) is 4.71. The molecule has 1 aromatic rings. The second-order valence-corrected chi connectivity index (χ2v) is 3.25. The number of nitrogens with zero attached hydrogens (tertiary/aromatic N) is 1. The van der Waals surface area contributed by atoms with Gasteiger partial charge < -0.3 is 14.4 Å². The standard InChI is InChI=1S/C11H12NO2/c13-9-10-1-3-11(4-2-10)12-5-7-14-8-6-12/h1-4H,5-8H2/q-1. The predicted molar refractivity (Wildman–Crippen MR) is 54.3 cm³/mol. The Hall–Kier alpha value is -1.35. The molecule has 1 aliphatic heterocycles. The van der Waals surface area contributed by atoms with Crippen LogP contribution in [0.5, 0.6) is 0 Å². The van der Waals surface area contributed by atoms with Crippen LogP contribution in [0.2, 0.25) is 0 Å². The van der Waals surface area contributed by atoms with Crippen LogP contribution in [0.3, 0.4) is 0 Å². The SMILES string of the molecule is O=[C-]c1ccc(N2CCOCC2)cc1. The van der Waals surface area contributed by atoms with Gasteiger partial charge in [-0.1, -0.05) is 12.1 Å². The third-order valence-electron chi connectivity index (χ3n) is 2.36. The molecule has 2 rings (SSSR count). The molecule has 74 valence electrons.